The van der Waals surface area contributed by atoms with Crippen molar-refractivity contribution in [2.45, 2.75) is 13.8 Å². The Bertz CT molecular complexity index is 682. The number of pyridine rings is 1. The maximum absolute atomic E-state index is 4.54. The predicted octanol–water partition coefficient (Wildman–Crippen LogP) is 2.95. The van der Waals surface area contributed by atoms with Gasteiger partial charge in [0, 0.05) is 11.8 Å². The van der Waals surface area contributed by atoms with E-state index in [4.69, 9.17) is 0 Å². The summed E-state index contributed by atoms with van der Waals surface area (Å²) in [5.41, 5.74) is 5.45. The number of aryl methyl sites for hydroxylation is 2. The summed E-state index contributed by atoms with van der Waals surface area (Å²) < 4.78 is 1.74. The molecule has 94 valence electrons. The summed E-state index contributed by atoms with van der Waals surface area (Å²) in [7, 11) is 0. The number of aromatic nitrogens is 4. The molecule has 0 spiro atoms. The van der Waals surface area contributed by atoms with Gasteiger partial charge in [0.1, 0.15) is 12.7 Å². The second-order valence-corrected chi connectivity index (χ2v) is 4.48. The van der Waals surface area contributed by atoms with Crippen LogP contribution in [0.1, 0.15) is 11.1 Å². The van der Waals surface area contributed by atoms with E-state index in [-0.39, 0.29) is 0 Å². The van der Waals surface area contributed by atoms with E-state index in [0.717, 1.165) is 16.9 Å². The highest BCUT2D eigenvalue weighted by molar-refractivity contribution is 5.74. The number of benzene rings is 1. The van der Waals surface area contributed by atoms with E-state index in [1.807, 2.05) is 18.3 Å². The maximum Gasteiger partial charge on any atom is 0.138 e. The molecule has 3 rings (SSSR count). The fraction of sp³-hybridized carbons (Fsp3) is 0.133. The van der Waals surface area contributed by atoms with E-state index >= 15 is 0 Å². The number of hydrogen-bond donors (Lipinski definition) is 0. The van der Waals surface area contributed by atoms with Gasteiger partial charge in [0.25, 0.3) is 0 Å². The summed E-state index contributed by atoms with van der Waals surface area (Å²) in [4.78, 5) is 8.54. The van der Waals surface area contributed by atoms with E-state index in [1.54, 1.807) is 11.0 Å². The molecule has 1 aromatic carbocycles. The largest absolute Gasteiger partial charge is 0.254 e. The van der Waals surface area contributed by atoms with Crippen molar-refractivity contribution in [3.63, 3.8) is 0 Å². The van der Waals surface area contributed by atoms with Gasteiger partial charge in [-0.2, -0.15) is 5.10 Å². The minimum Gasteiger partial charge on any atom is -0.254 e. The van der Waals surface area contributed by atoms with Gasteiger partial charge in [0.2, 0.25) is 0 Å². The molecule has 19 heavy (non-hydrogen) atoms. The molecule has 0 aliphatic carbocycles. The molecular weight excluding hydrogens is 236 g/mol. The van der Waals surface area contributed by atoms with Crippen molar-refractivity contribution in [3.8, 4) is 16.9 Å². The lowest BCUT2D eigenvalue weighted by Gasteiger charge is -2.12. The van der Waals surface area contributed by atoms with Crippen molar-refractivity contribution in [2.24, 2.45) is 0 Å². The summed E-state index contributed by atoms with van der Waals surface area (Å²) >= 11 is 0. The van der Waals surface area contributed by atoms with E-state index in [2.05, 4.69) is 47.1 Å². The van der Waals surface area contributed by atoms with Crippen LogP contribution in [0, 0.1) is 13.8 Å². The third-order valence-corrected chi connectivity index (χ3v) is 3.17. The zero-order valence-electron chi connectivity index (χ0n) is 10.9. The van der Waals surface area contributed by atoms with Crippen LogP contribution in [0.25, 0.3) is 16.9 Å². The van der Waals surface area contributed by atoms with Gasteiger partial charge in [-0.1, -0.05) is 18.2 Å². The highest BCUT2D eigenvalue weighted by Crippen LogP contribution is 2.29. The van der Waals surface area contributed by atoms with Crippen molar-refractivity contribution in [3.05, 3.63) is 60.3 Å². The Morgan fingerprint density at radius 3 is 2.47 bits per heavy atom. The zero-order valence-corrected chi connectivity index (χ0v) is 10.9. The topological polar surface area (TPSA) is 43.6 Å². The summed E-state index contributed by atoms with van der Waals surface area (Å²) in [6, 6.07) is 10.2. The first-order chi connectivity index (χ1) is 9.27. The molecule has 2 heterocycles. The van der Waals surface area contributed by atoms with Crippen LogP contribution < -0.4 is 0 Å². The molecule has 0 bridgehead atoms. The molecule has 4 nitrogen and oxygen atoms in total. The molecule has 0 aliphatic heterocycles. The first-order valence-corrected chi connectivity index (χ1v) is 6.14. The van der Waals surface area contributed by atoms with Crippen LogP contribution in [-0.4, -0.2) is 19.7 Å². The van der Waals surface area contributed by atoms with Gasteiger partial charge in [-0.25, -0.2) is 9.67 Å². The third kappa shape index (κ3) is 2.01. The van der Waals surface area contributed by atoms with E-state index < -0.39 is 0 Å². The van der Waals surface area contributed by atoms with E-state index in [1.165, 1.54) is 17.5 Å². The van der Waals surface area contributed by atoms with Gasteiger partial charge in [-0.05, 0) is 37.1 Å². The number of rotatable bonds is 2. The third-order valence-electron chi connectivity index (χ3n) is 3.17. The first-order valence-electron chi connectivity index (χ1n) is 6.14. The van der Waals surface area contributed by atoms with Crippen LogP contribution >= 0.6 is 0 Å². The Morgan fingerprint density at radius 1 is 1.00 bits per heavy atom. The lowest BCUT2D eigenvalue weighted by molar-refractivity contribution is 0.874. The molecule has 4 heteroatoms. The minimum absolute atomic E-state index is 0.934. The fourth-order valence-corrected chi connectivity index (χ4v) is 2.29. The Hall–Kier alpha value is -2.49. The lowest BCUT2D eigenvalue weighted by Crippen LogP contribution is -2.01. The predicted molar refractivity (Wildman–Crippen MR) is 74.1 cm³/mol. The van der Waals surface area contributed by atoms with Crippen molar-refractivity contribution in [1.82, 2.24) is 19.7 Å². The Morgan fingerprint density at radius 2 is 1.79 bits per heavy atom. The fourth-order valence-electron chi connectivity index (χ4n) is 2.29. The molecule has 0 radical (unpaired) electrons. The maximum atomic E-state index is 4.54. The van der Waals surface area contributed by atoms with Gasteiger partial charge in [-0.3, -0.25) is 4.98 Å². The molecule has 0 saturated heterocycles. The standard InChI is InChI=1S/C15H14N4/c1-11-5-3-6-12(2)14(11)15-13(7-4-8-17-15)19-10-16-9-18-19/h3-10H,1-2H3. The van der Waals surface area contributed by atoms with Gasteiger partial charge in [-0.15, -0.1) is 0 Å². The van der Waals surface area contributed by atoms with Gasteiger partial charge < -0.3 is 0 Å². The monoisotopic (exact) mass is 250 g/mol. The molecule has 3 aromatic rings. The SMILES string of the molecule is Cc1cccc(C)c1-c1ncccc1-n1cncn1. The van der Waals surface area contributed by atoms with Crippen molar-refractivity contribution < 1.29 is 0 Å². The summed E-state index contributed by atoms with van der Waals surface area (Å²) in [6.45, 7) is 4.20. The Labute approximate surface area is 111 Å². The van der Waals surface area contributed by atoms with Gasteiger partial charge >= 0.3 is 0 Å². The molecule has 0 fully saturated rings. The van der Waals surface area contributed by atoms with Crippen molar-refractivity contribution >= 4 is 0 Å². The van der Waals surface area contributed by atoms with Crippen LogP contribution in [-0.2, 0) is 0 Å². The summed E-state index contributed by atoms with van der Waals surface area (Å²) in [5, 5.41) is 4.20. The minimum atomic E-state index is 0.934. The molecule has 2 aromatic heterocycles. The summed E-state index contributed by atoms with van der Waals surface area (Å²) in [6.07, 6.45) is 5.03. The number of hydrogen-bond acceptors (Lipinski definition) is 3. The Kier molecular flexibility index (Phi) is 2.83. The molecular formula is C15H14N4. The van der Waals surface area contributed by atoms with Crippen LogP contribution in [0.15, 0.2) is 49.2 Å². The molecule has 0 N–H and O–H groups in total. The normalized spacial score (nSPS) is 10.6. The van der Waals surface area contributed by atoms with Crippen LogP contribution in [0.3, 0.4) is 0 Å². The highest BCUT2D eigenvalue weighted by Gasteiger charge is 2.12. The molecule has 0 amide bonds. The number of nitrogens with zero attached hydrogens (tertiary/aromatic N) is 4. The van der Waals surface area contributed by atoms with Crippen LogP contribution in [0.2, 0.25) is 0 Å². The molecule has 0 saturated carbocycles. The summed E-state index contributed by atoms with van der Waals surface area (Å²) in [5.74, 6) is 0. The van der Waals surface area contributed by atoms with Crippen molar-refractivity contribution in [2.75, 3.05) is 0 Å². The first kappa shape index (κ1) is 11.6. The zero-order chi connectivity index (χ0) is 13.2. The van der Waals surface area contributed by atoms with Crippen LogP contribution in [0.5, 0.6) is 0 Å². The quantitative estimate of drug-likeness (QED) is 0.702. The molecule has 0 atom stereocenters. The average Bonchev–Trinajstić information content (AvgIpc) is 2.93. The lowest BCUT2D eigenvalue weighted by atomic mass is 9.98. The Balaban J connectivity index is 2.27. The smallest absolute Gasteiger partial charge is 0.138 e. The molecule has 0 unspecified atom stereocenters. The van der Waals surface area contributed by atoms with Crippen molar-refractivity contribution in [1.29, 1.82) is 0 Å². The van der Waals surface area contributed by atoms with E-state index in [0.29, 0.717) is 0 Å². The molecule has 0 aliphatic rings. The average molecular weight is 250 g/mol. The second-order valence-electron chi connectivity index (χ2n) is 4.48. The van der Waals surface area contributed by atoms with Gasteiger partial charge in [0.15, 0.2) is 0 Å². The van der Waals surface area contributed by atoms with Crippen LogP contribution in [0.4, 0.5) is 0 Å². The second kappa shape index (κ2) is 4.65. The van der Waals surface area contributed by atoms with E-state index in [9.17, 15) is 0 Å². The highest BCUT2D eigenvalue weighted by atomic mass is 15.3. The van der Waals surface area contributed by atoms with Gasteiger partial charge in [0.05, 0.1) is 11.4 Å².